The van der Waals surface area contributed by atoms with E-state index in [0.717, 1.165) is 19.4 Å². The van der Waals surface area contributed by atoms with E-state index in [9.17, 15) is 4.79 Å². The number of nitrogens with zero attached hydrogens (tertiary/aromatic N) is 2. The van der Waals surface area contributed by atoms with Gasteiger partial charge >= 0.3 is 0 Å². The topological polar surface area (TPSA) is 45.2 Å². The van der Waals surface area contributed by atoms with Gasteiger partial charge in [0.15, 0.2) is 0 Å². The Hall–Kier alpha value is -1.29. The number of unbranched alkanes of at least 4 members (excludes halogenated alkanes) is 1. The van der Waals surface area contributed by atoms with Crippen molar-refractivity contribution >= 4 is 23.3 Å². The molecule has 4 nitrogen and oxygen atoms in total. The van der Waals surface area contributed by atoms with Crippen LogP contribution in [0, 0.1) is 0 Å². The van der Waals surface area contributed by atoms with Gasteiger partial charge in [0.25, 0.3) is 5.91 Å². The Labute approximate surface area is 113 Å². The largest absolute Gasteiger partial charge is 0.373 e. The molecule has 1 aromatic heterocycles. The highest BCUT2D eigenvalue weighted by Crippen LogP contribution is 2.18. The molecule has 0 aliphatic carbocycles. The number of carbonyl (C=O) groups is 1. The van der Waals surface area contributed by atoms with Crippen molar-refractivity contribution < 1.29 is 4.79 Å². The molecular weight excluding hydrogens is 250 g/mol. The summed E-state index contributed by atoms with van der Waals surface area (Å²) in [6.45, 7) is 5.48. The minimum atomic E-state index is -0.104. The third-order valence-electron chi connectivity index (χ3n) is 2.76. The van der Waals surface area contributed by atoms with Crippen LogP contribution in [0.15, 0.2) is 12.1 Å². The van der Waals surface area contributed by atoms with Crippen molar-refractivity contribution in [3.05, 3.63) is 22.8 Å². The second kappa shape index (κ2) is 7.21. The van der Waals surface area contributed by atoms with Crippen LogP contribution in [-0.2, 0) is 0 Å². The summed E-state index contributed by atoms with van der Waals surface area (Å²) in [6, 6.07) is 3.45. The van der Waals surface area contributed by atoms with Gasteiger partial charge in [0, 0.05) is 20.1 Å². The van der Waals surface area contributed by atoms with Gasteiger partial charge in [-0.3, -0.25) is 4.79 Å². The molecule has 1 aromatic rings. The highest BCUT2D eigenvalue weighted by Gasteiger charge is 2.18. The van der Waals surface area contributed by atoms with Crippen molar-refractivity contribution in [3.63, 3.8) is 0 Å². The van der Waals surface area contributed by atoms with Crippen molar-refractivity contribution in [3.8, 4) is 0 Å². The predicted molar refractivity (Wildman–Crippen MR) is 75.3 cm³/mol. The molecule has 0 aliphatic heterocycles. The van der Waals surface area contributed by atoms with E-state index in [1.54, 1.807) is 24.1 Å². The molecule has 0 aromatic carbocycles. The maximum atomic E-state index is 12.3. The van der Waals surface area contributed by atoms with Crippen molar-refractivity contribution in [1.29, 1.82) is 0 Å². The normalized spacial score (nSPS) is 10.2. The zero-order valence-corrected chi connectivity index (χ0v) is 11.9. The Kier molecular flexibility index (Phi) is 5.92. The van der Waals surface area contributed by atoms with Crippen LogP contribution in [0.4, 0.5) is 5.82 Å². The SMILES string of the molecule is CCCCN(CC)C(=O)c1nc(NC)ccc1Cl. The van der Waals surface area contributed by atoms with Crippen LogP contribution in [0.1, 0.15) is 37.2 Å². The highest BCUT2D eigenvalue weighted by molar-refractivity contribution is 6.33. The summed E-state index contributed by atoms with van der Waals surface area (Å²) >= 11 is 6.05. The molecule has 0 saturated heterocycles. The molecule has 1 rings (SSSR count). The molecule has 0 radical (unpaired) electrons. The van der Waals surface area contributed by atoms with Gasteiger partial charge in [-0.25, -0.2) is 4.98 Å². The molecule has 1 N–H and O–H groups in total. The number of amides is 1. The number of hydrogen-bond donors (Lipinski definition) is 1. The van der Waals surface area contributed by atoms with Gasteiger partial charge in [-0.15, -0.1) is 0 Å². The van der Waals surface area contributed by atoms with E-state index in [-0.39, 0.29) is 5.91 Å². The molecule has 0 spiro atoms. The van der Waals surface area contributed by atoms with Gasteiger partial charge in [-0.2, -0.15) is 0 Å². The molecule has 1 heterocycles. The summed E-state index contributed by atoms with van der Waals surface area (Å²) in [5.41, 5.74) is 0.321. The lowest BCUT2D eigenvalue weighted by Crippen LogP contribution is -2.32. The van der Waals surface area contributed by atoms with Gasteiger partial charge < -0.3 is 10.2 Å². The van der Waals surface area contributed by atoms with Crippen LogP contribution < -0.4 is 5.32 Å². The molecule has 0 fully saturated rings. The molecule has 0 aliphatic rings. The van der Waals surface area contributed by atoms with Gasteiger partial charge in [0.1, 0.15) is 11.5 Å². The van der Waals surface area contributed by atoms with Gasteiger partial charge in [-0.05, 0) is 25.5 Å². The lowest BCUT2D eigenvalue weighted by atomic mass is 10.2. The second-order valence-electron chi connectivity index (χ2n) is 4.02. The van der Waals surface area contributed by atoms with Crippen molar-refractivity contribution in [2.24, 2.45) is 0 Å². The Morgan fingerprint density at radius 3 is 2.72 bits per heavy atom. The number of aromatic nitrogens is 1. The smallest absolute Gasteiger partial charge is 0.274 e. The fraction of sp³-hybridized carbons (Fsp3) is 0.538. The first kappa shape index (κ1) is 14.8. The number of halogens is 1. The Balaban J connectivity index is 2.93. The summed E-state index contributed by atoms with van der Waals surface area (Å²) in [4.78, 5) is 18.3. The lowest BCUT2D eigenvalue weighted by molar-refractivity contribution is 0.0757. The number of anilines is 1. The average molecular weight is 270 g/mol. The number of pyridine rings is 1. The van der Waals surface area contributed by atoms with Crippen LogP contribution in [0.2, 0.25) is 5.02 Å². The van der Waals surface area contributed by atoms with Gasteiger partial charge in [0.2, 0.25) is 0 Å². The third kappa shape index (κ3) is 3.60. The van der Waals surface area contributed by atoms with E-state index in [1.807, 2.05) is 6.92 Å². The van der Waals surface area contributed by atoms with Gasteiger partial charge in [-0.1, -0.05) is 24.9 Å². The van der Waals surface area contributed by atoms with E-state index in [2.05, 4.69) is 17.2 Å². The van der Waals surface area contributed by atoms with Crippen LogP contribution in [-0.4, -0.2) is 35.9 Å². The zero-order valence-electron chi connectivity index (χ0n) is 11.2. The minimum absolute atomic E-state index is 0.104. The molecule has 0 unspecified atom stereocenters. The first-order valence-electron chi connectivity index (χ1n) is 6.27. The summed E-state index contributed by atoms with van der Waals surface area (Å²) in [5, 5.41) is 3.31. The zero-order chi connectivity index (χ0) is 13.5. The van der Waals surface area contributed by atoms with E-state index >= 15 is 0 Å². The highest BCUT2D eigenvalue weighted by atomic mass is 35.5. The second-order valence-corrected chi connectivity index (χ2v) is 4.42. The fourth-order valence-corrected chi connectivity index (χ4v) is 1.82. The summed E-state index contributed by atoms with van der Waals surface area (Å²) in [7, 11) is 1.76. The number of rotatable bonds is 6. The number of nitrogens with one attached hydrogen (secondary N) is 1. The monoisotopic (exact) mass is 269 g/mol. The van der Waals surface area contributed by atoms with E-state index in [4.69, 9.17) is 11.6 Å². The minimum Gasteiger partial charge on any atom is -0.373 e. The molecule has 1 amide bonds. The average Bonchev–Trinajstić information content (AvgIpc) is 2.40. The van der Waals surface area contributed by atoms with Gasteiger partial charge in [0.05, 0.1) is 5.02 Å². The Morgan fingerprint density at radius 1 is 1.44 bits per heavy atom. The van der Waals surface area contributed by atoms with Crippen molar-refractivity contribution in [2.75, 3.05) is 25.5 Å². The standard InChI is InChI=1S/C13H20ClN3O/c1-4-6-9-17(5-2)13(18)12-10(14)7-8-11(15-3)16-12/h7-8H,4-6,9H2,1-3H3,(H,15,16). The maximum Gasteiger partial charge on any atom is 0.274 e. The van der Waals surface area contributed by atoms with Crippen LogP contribution in [0.5, 0.6) is 0 Å². The molecule has 0 saturated carbocycles. The van der Waals surface area contributed by atoms with E-state index in [0.29, 0.717) is 23.1 Å². The molecule has 0 bridgehead atoms. The van der Waals surface area contributed by atoms with Crippen LogP contribution in [0.25, 0.3) is 0 Å². The summed E-state index contributed by atoms with van der Waals surface area (Å²) in [5.74, 6) is 0.544. The van der Waals surface area contributed by atoms with Crippen LogP contribution >= 0.6 is 11.6 Å². The van der Waals surface area contributed by atoms with Crippen molar-refractivity contribution in [1.82, 2.24) is 9.88 Å². The third-order valence-corrected chi connectivity index (χ3v) is 3.06. The number of hydrogen-bond acceptors (Lipinski definition) is 3. The molecular formula is C13H20ClN3O. The van der Waals surface area contributed by atoms with E-state index in [1.165, 1.54) is 0 Å². The first-order chi connectivity index (χ1) is 8.63. The van der Waals surface area contributed by atoms with Crippen molar-refractivity contribution in [2.45, 2.75) is 26.7 Å². The molecule has 18 heavy (non-hydrogen) atoms. The Morgan fingerprint density at radius 2 is 2.17 bits per heavy atom. The fourth-order valence-electron chi connectivity index (χ4n) is 1.63. The van der Waals surface area contributed by atoms with Crippen LogP contribution in [0.3, 0.4) is 0 Å². The molecule has 0 atom stereocenters. The number of carbonyl (C=O) groups excluding carboxylic acids is 1. The quantitative estimate of drug-likeness (QED) is 0.863. The molecule has 100 valence electrons. The van der Waals surface area contributed by atoms with E-state index < -0.39 is 0 Å². The summed E-state index contributed by atoms with van der Waals surface area (Å²) in [6.07, 6.45) is 2.05. The predicted octanol–water partition coefficient (Wildman–Crippen LogP) is 3.04. The molecule has 5 heteroatoms. The first-order valence-corrected chi connectivity index (χ1v) is 6.65. The summed E-state index contributed by atoms with van der Waals surface area (Å²) < 4.78 is 0. The Bertz CT molecular complexity index is 409. The lowest BCUT2D eigenvalue weighted by Gasteiger charge is -2.20. The maximum absolute atomic E-state index is 12.3.